The second kappa shape index (κ2) is 8.78. The van der Waals surface area contributed by atoms with Crippen molar-refractivity contribution in [1.29, 1.82) is 0 Å². The van der Waals surface area contributed by atoms with Crippen molar-refractivity contribution >= 4 is 0 Å². The average Bonchev–Trinajstić information content (AvgIpc) is 2.41. The third-order valence-electron chi connectivity index (χ3n) is 2.99. The van der Waals surface area contributed by atoms with E-state index in [-0.39, 0.29) is 0 Å². The zero-order chi connectivity index (χ0) is 13.2. The molecule has 1 nitrogen and oxygen atoms in total. The molecule has 0 bridgehead atoms. The van der Waals surface area contributed by atoms with E-state index in [0.29, 0.717) is 0 Å². The summed E-state index contributed by atoms with van der Waals surface area (Å²) in [7, 11) is 0. The summed E-state index contributed by atoms with van der Waals surface area (Å²) >= 11 is 0. The maximum Gasteiger partial charge on any atom is 0.115 e. The molecule has 0 amide bonds. The van der Waals surface area contributed by atoms with Crippen molar-refractivity contribution in [2.45, 2.75) is 58.5 Å². The van der Waals surface area contributed by atoms with Gasteiger partial charge in [0.25, 0.3) is 0 Å². The van der Waals surface area contributed by atoms with E-state index in [0.717, 1.165) is 31.2 Å². The number of unbranched alkanes of at least 4 members (excludes halogenated alkanes) is 2. The van der Waals surface area contributed by atoms with Crippen molar-refractivity contribution in [2.24, 2.45) is 0 Å². The van der Waals surface area contributed by atoms with Gasteiger partial charge in [0.05, 0.1) is 0 Å². The summed E-state index contributed by atoms with van der Waals surface area (Å²) in [6.07, 6.45) is 6.04. The molecular formula is C17H24O. The Bertz CT molecular complexity index is 380. The van der Waals surface area contributed by atoms with Gasteiger partial charge in [-0.05, 0) is 37.0 Å². The summed E-state index contributed by atoms with van der Waals surface area (Å²) in [4.78, 5) is 0. The molecular weight excluding hydrogens is 220 g/mol. The van der Waals surface area contributed by atoms with E-state index in [1.165, 1.54) is 18.4 Å². The second-order valence-corrected chi connectivity index (χ2v) is 4.73. The molecule has 1 N–H and O–H groups in total. The molecule has 1 heteroatoms. The molecule has 0 radical (unpaired) electrons. The van der Waals surface area contributed by atoms with Crippen LogP contribution in [0.2, 0.25) is 0 Å². The van der Waals surface area contributed by atoms with Crippen LogP contribution in [0.4, 0.5) is 0 Å². The third kappa shape index (κ3) is 5.89. The molecule has 1 atom stereocenters. The molecule has 98 valence electrons. The van der Waals surface area contributed by atoms with E-state index < -0.39 is 6.10 Å². The molecule has 0 saturated heterocycles. The van der Waals surface area contributed by atoms with Gasteiger partial charge in [0.2, 0.25) is 0 Å². The minimum Gasteiger partial charge on any atom is -0.380 e. The van der Waals surface area contributed by atoms with Gasteiger partial charge in [0, 0.05) is 5.56 Å². The van der Waals surface area contributed by atoms with Gasteiger partial charge in [-0.25, -0.2) is 0 Å². The standard InChI is InChI=1S/C17H24O/c1-3-5-7-15-9-11-16(12-10-15)13-14-17(18)8-6-4-2/h9-12,17-18H,3-8H2,1-2H3. The zero-order valence-electron chi connectivity index (χ0n) is 11.6. The summed E-state index contributed by atoms with van der Waals surface area (Å²) in [6.45, 7) is 4.33. The van der Waals surface area contributed by atoms with E-state index >= 15 is 0 Å². The van der Waals surface area contributed by atoms with Crippen LogP contribution in [-0.4, -0.2) is 11.2 Å². The average molecular weight is 244 g/mol. The fourth-order valence-corrected chi connectivity index (χ4v) is 1.77. The Morgan fingerprint density at radius 3 is 2.33 bits per heavy atom. The monoisotopic (exact) mass is 244 g/mol. The van der Waals surface area contributed by atoms with Gasteiger partial charge in [0.15, 0.2) is 0 Å². The number of rotatable bonds is 6. The summed E-state index contributed by atoms with van der Waals surface area (Å²) in [5.74, 6) is 5.94. The van der Waals surface area contributed by atoms with Gasteiger partial charge in [-0.1, -0.05) is 57.1 Å². The highest BCUT2D eigenvalue weighted by molar-refractivity contribution is 5.36. The van der Waals surface area contributed by atoms with Crippen molar-refractivity contribution in [2.75, 3.05) is 0 Å². The van der Waals surface area contributed by atoms with E-state index in [1.807, 2.05) is 12.1 Å². The topological polar surface area (TPSA) is 20.2 Å². The molecule has 1 rings (SSSR count). The van der Waals surface area contributed by atoms with Gasteiger partial charge in [-0.15, -0.1) is 0 Å². The molecule has 0 aromatic heterocycles. The van der Waals surface area contributed by atoms with Crippen molar-refractivity contribution in [3.8, 4) is 11.8 Å². The Morgan fingerprint density at radius 2 is 1.72 bits per heavy atom. The van der Waals surface area contributed by atoms with E-state index in [1.54, 1.807) is 0 Å². The molecule has 0 spiro atoms. The third-order valence-corrected chi connectivity index (χ3v) is 2.99. The molecule has 0 saturated carbocycles. The van der Waals surface area contributed by atoms with E-state index in [9.17, 15) is 5.11 Å². The number of hydrogen-bond acceptors (Lipinski definition) is 1. The Labute approximate surface area is 111 Å². The largest absolute Gasteiger partial charge is 0.380 e. The lowest BCUT2D eigenvalue weighted by Crippen LogP contribution is -2.01. The van der Waals surface area contributed by atoms with Crippen molar-refractivity contribution in [3.63, 3.8) is 0 Å². The lowest BCUT2D eigenvalue weighted by atomic mass is 10.1. The number of aliphatic hydroxyl groups excluding tert-OH is 1. The lowest BCUT2D eigenvalue weighted by molar-refractivity contribution is 0.218. The van der Waals surface area contributed by atoms with Crippen LogP contribution in [0.1, 0.15) is 57.1 Å². The Morgan fingerprint density at radius 1 is 1.06 bits per heavy atom. The van der Waals surface area contributed by atoms with Crippen molar-refractivity contribution in [3.05, 3.63) is 35.4 Å². The van der Waals surface area contributed by atoms with Crippen molar-refractivity contribution in [1.82, 2.24) is 0 Å². The summed E-state index contributed by atoms with van der Waals surface area (Å²) < 4.78 is 0. The van der Waals surface area contributed by atoms with Crippen LogP contribution in [0, 0.1) is 11.8 Å². The summed E-state index contributed by atoms with van der Waals surface area (Å²) in [5.41, 5.74) is 2.36. The fraction of sp³-hybridized carbons (Fsp3) is 0.529. The first-order valence-electron chi connectivity index (χ1n) is 7.04. The SMILES string of the molecule is CCCCc1ccc(C#CC(O)CCCC)cc1. The van der Waals surface area contributed by atoms with Gasteiger partial charge in [-0.3, -0.25) is 0 Å². The highest BCUT2D eigenvalue weighted by Crippen LogP contribution is 2.07. The minimum absolute atomic E-state index is 0.482. The first kappa shape index (κ1) is 14.8. The van der Waals surface area contributed by atoms with Gasteiger partial charge < -0.3 is 5.11 Å². The normalized spacial score (nSPS) is 11.7. The number of aliphatic hydroxyl groups is 1. The van der Waals surface area contributed by atoms with Crippen LogP contribution in [0.3, 0.4) is 0 Å². The lowest BCUT2D eigenvalue weighted by Gasteiger charge is -2.01. The van der Waals surface area contributed by atoms with Crippen LogP contribution < -0.4 is 0 Å². The van der Waals surface area contributed by atoms with Crippen LogP contribution in [0.5, 0.6) is 0 Å². The summed E-state index contributed by atoms with van der Waals surface area (Å²) in [6, 6.07) is 8.37. The fourth-order valence-electron chi connectivity index (χ4n) is 1.77. The predicted octanol–water partition coefficient (Wildman–Crippen LogP) is 3.93. The Balaban J connectivity index is 2.50. The van der Waals surface area contributed by atoms with Gasteiger partial charge in [0.1, 0.15) is 6.10 Å². The molecule has 0 aliphatic rings. The summed E-state index contributed by atoms with van der Waals surface area (Å²) in [5, 5.41) is 9.64. The van der Waals surface area contributed by atoms with E-state index in [2.05, 4.69) is 37.8 Å². The van der Waals surface area contributed by atoms with Gasteiger partial charge >= 0.3 is 0 Å². The van der Waals surface area contributed by atoms with Crippen LogP contribution in [-0.2, 0) is 6.42 Å². The molecule has 0 fully saturated rings. The van der Waals surface area contributed by atoms with Crippen LogP contribution in [0.15, 0.2) is 24.3 Å². The molecule has 0 heterocycles. The Kier molecular flexibility index (Phi) is 7.22. The first-order chi connectivity index (χ1) is 8.76. The minimum atomic E-state index is -0.482. The second-order valence-electron chi connectivity index (χ2n) is 4.73. The first-order valence-corrected chi connectivity index (χ1v) is 7.04. The van der Waals surface area contributed by atoms with Gasteiger partial charge in [-0.2, -0.15) is 0 Å². The maximum atomic E-state index is 9.64. The highest BCUT2D eigenvalue weighted by atomic mass is 16.3. The molecule has 18 heavy (non-hydrogen) atoms. The zero-order valence-corrected chi connectivity index (χ0v) is 11.6. The quantitative estimate of drug-likeness (QED) is 0.752. The Hall–Kier alpha value is -1.26. The smallest absolute Gasteiger partial charge is 0.115 e. The molecule has 1 aromatic carbocycles. The number of aryl methyl sites for hydroxylation is 1. The highest BCUT2D eigenvalue weighted by Gasteiger charge is 1.97. The molecule has 0 aliphatic carbocycles. The molecule has 0 aliphatic heterocycles. The van der Waals surface area contributed by atoms with Crippen molar-refractivity contribution < 1.29 is 5.11 Å². The van der Waals surface area contributed by atoms with Crippen LogP contribution >= 0.6 is 0 Å². The predicted molar refractivity (Wildman–Crippen MR) is 77.5 cm³/mol. The maximum absolute atomic E-state index is 9.64. The number of benzene rings is 1. The molecule has 1 unspecified atom stereocenters. The van der Waals surface area contributed by atoms with E-state index in [4.69, 9.17) is 0 Å². The number of hydrogen-bond donors (Lipinski definition) is 1. The van der Waals surface area contributed by atoms with Crippen LogP contribution in [0.25, 0.3) is 0 Å². The molecule has 1 aromatic rings.